The fraction of sp³-hybridized carbons (Fsp3) is 0.455. The summed E-state index contributed by atoms with van der Waals surface area (Å²) in [4.78, 5) is 0. The number of halogens is 2. The van der Waals surface area contributed by atoms with Gasteiger partial charge in [0.05, 0.1) is 5.75 Å². The molecule has 0 saturated heterocycles. The van der Waals surface area contributed by atoms with E-state index in [2.05, 4.69) is 10.0 Å². The Morgan fingerprint density at radius 2 is 2.11 bits per heavy atom. The summed E-state index contributed by atoms with van der Waals surface area (Å²) in [5.41, 5.74) is 0.420. The van der Waals surface area contributed by atoms with Crippen molar-refractivity contribution in [1.82, 2.24) is 10.0 Å². The minimum atomic E-state index is -3.24. The van der Waals surface area contributed by atoms with E-state index in [0.717, 1.165) is 0 Å². The number of sulfonamides is 1. The van der Waals surface area contributed by atoms with Crippen LogP contribution >= 0.6 is 11.6 Å². The number of hydrogen-bond acceptors (Lipinski definition) is 3. The predicted octanol–water partition coefficient (Wildman–Crippen LogP) is 1.51. The van der Waals surface area contributed by atoms with Crippen LogP contribution in [0.1, 0.15) is 12.5 Å². The van der Waals surface area contributed by atoms with E-state index in [1.807, 2.05) is 0 Å². The van der Waals surface area contributed by atoms with Gasteiger partial charge in [-0.3, -0.25) is 0 Å². The predicted molar refractivity (Wildman–Crippen MR) is 70.6 cm³/mol. The summed E-state index contributed by atoms with van der Waals surface area (Å²) < 4.78 is 38.3. The van der Waals surface area contributed by atoms with E-state index in [-0.39, 0.29) is 24.7 Å². The lowest BCUT2D eigenvalue weighted by atomic mass is 10.2. The number of hydrogen-bond donors (Lipinski definition) is 2. The lowest BCUT2D eigenvalue weighted by Gasteiger charge is -2.07. The van der Waals surface area contributed by atoms with E-state index in [9.17, 15) is 12.8 Å². The second kappa shape index (κ2) is 7.04. The SMILES string of the molecule is CCNS(=O)(=O)CCNCc1cc(Cl)ccc1F. The highest BCUT2D eigenvalue weighted by Gasteiger charge is 2.08. The van der Waals surface area contributed by atoms with Crippen molar-refractivity contribution in [3.8, 4) is 0 Å². The summed E-state index contributed by atoms with van der Waals surface area (Å²) in [6, 6.07) is 4.27. The van der Waals surface area contributed by atoms with Crippen molar-refractivity contribution in [2.24, 2.45) is 0 Å². The third kappa shape index (κ3) is 5.30. The van der Waals surface area contributed by atoms with E-state index in [4.69, 9.17) is 11.6 Å². The molecule has 102 valence electrons. The zero-order valence-corrected chi connectivity index (χ0v) is 11.6. The zero-order valence-electron chi connectivity index (χ0n) is 10.0. The summed E-state index contributed by atoms with van der Waals surface area (Å²) in [5.74, 6) is -0.398. The average molecular weight is 295 g/mol. The maximum atomic E-state index is 13.3. The summed E-state index contributed by atoms with van der Waals surface area (Å²) in [7, 11) is -3.24. The van der Waals surface area contributed by atoms with Gasteiger partial charge >= 0.3 is 0 Å². The Morgan fingerprint density at radius 3 is 2.78 bits per heavy atom. The van der Waals surface area contributed by atoms with Gasteiger partial charge in [-0.05, 0) is 18.2 Å². The highest BCUT2D eigenvalue weighted by atomic mass is 35.5. The summed E-state index contributed by atoms with van der Waals surface area (Å²) in [6.07, 6.45) is 0. The fourth-order valence-corrected chi connectivity index (χ4v) is 2.59. The molecule has 0 aliphatic carbocycles. The summed E-state index contributed by atoms with van der Waals surface area (Å²) in [5, 5.41) is 3.32. The first-order valence-electron chi connectivity index (χ1n) is 5.56. The molecule has 0 spiro atoms. The van der Waals surface area contributed by atoms with E-state index in [0.29, 0.717) is 17.1 Å². The van der Waals surface area contributed by atoms with Gasteiger partial charge in [-0.15, -0.1) is 0 Å². The minimum Gasteiger partial charge on any atom is -0.312 e. The van der Waals surface area contributed by atoms with Gasteiger partial charge in [-0.1, -0.05) is 18.5 Å². The van der Waals surface area contributed by atoms with Gasteiger partial charge < -0.3 is 5.32 Å². The lowest BCUT2D eigenvalue weighted by molar-refractivity contribution is 0.574. The Labute approximate surface area is 112 Å². The molecule has 18 heavy (non-hydrogen) atoms. The van der Waals surface area contributed by atoms with Gasteiger partial charge in [0.15, 0.2) is 0 Å². The van der Waals surface area contributed by atoms with E-state index >= 15 is 0 Å². The van der Waals surface area contributed by atoms with Gasteiger partial charge in [0.25, 0.3) is 0 Å². The van der Waals surface area contributed by atoms with Crippen LogP contribution in [-0.4, -0.2) is 27.3 Å². The van der Waals surface area contributed by atoms with Crippen molar-refractivity contribution in [2.45, 2.75) is 13.5 Å². The molecule has 1 rings (SSSR count). The van der Waals surface area contributed by atoms with Crippen LogP contribution in [0, 0.1) is 5.82 Å². The summed E-state index contributed by atoms with van der Waals surface area (Å²) >= 11 is 5.74. The maximum absolute atomic E-state index is 13.3. The topological polar surface area (TPSA) is 58.2 Å². The van der Waals surface area contributed by atoms with Crippen LogP contribution in [0.3, 0.4) is 0 Å². The molecule has 0 fully saturated rings. The molecule has 0 unspecified atom stereocenters. The molecule has 0 aliphatic rings. The van der Waals surface area contributed by atoms with Crippen LogP contribution < -0.4 is 10.0 Å². The Balaban J connectivity index is 2.40. The third-order valence-corrected chi connectivity index (χ3v) is 3.94. The Kier molecular flexibility index (Phi) is 6.01. The molecule has 1 aromatic carbocycles. The normalized spacial score (nSPS) is 11.7. The highest BCUT2D eigenvalue weighted by Crippen LogP contribution is 2.14. The lowest BCUT2D eigenvalue weighted by Crippen LogP contribution is -2.31. The molecule has 0 atom stereocenters. The molecular weight excluding hydrogens is 279 g/mol. The van der Waals surface area contributed by atoms with Gasteiger partial charge in [0.2, 0.25) is 10.0 Å². The van der Waals surface area contributed by atoms with Crippen molar-refractivity contribution >= 4 is 21.6 Å². The number of benzene rings is 1. The second-order valence-corrected chi connectivity index (χ2v) is 6.09. The van der Waals surface area contributed by atoms with Crippen molar-refractivity contribution in [3.05, 3.63) is 34.6 Å². The molecule has 0 amide bonds. The van der Waals surface area contributed by atoms with Crippen molar-refractivity contribution in [3.63, 3.8) is 0 Å². The van der Waals surface area contributed by atoms with Crippen LogP contribution in [0.4, 0.5) is 4.39 Å². The van der Waals surface area contributed by atoms with Crippen LogP contribution in [0.15, 0.2) is 18.2 Å². The first-order chi connectivity index (χ1) is 8.44. The smallest absolute Gasteiger partial charge is 0.212 e. The van der Waals surface area contributed by atoms with Gasteiger partial charge in [-0.2, -0.15) is 0 Å². The highest BCUT2D eigenvalue weighted by molar-refractivity contribution is 7.89. The standard InChI is InChI=1S/C11H16ClFN2O2S/c1-2-15-18(16,17)6-5-14-8-9-7-10(12)3-4-11(9)13/h3-4,7,14-15H,2,5-6,8H2,1H3. The molecule has 7 heteroatoms. The molecule has 2 N–H and O–H groups in total. The molecule has 0 aliphatic heterocycles. The first-order valence-corrected chi connectivity index (χ1v) is 7.59. The van der Waals surface area contributed by atoms with Gasteiger partial charge in [0.1, 0.15) is 5.82 Å². The molecule has 4 nitrogen and oxygen atoms in total. The zero-order chi connectivity index (χ0) is 13.6. The van der Waals surface area contributed by atoms with Crippen LogP contribution in [0.5, 0.6) is 0 Å². The molecular formula is C11H16ClFN2O2S. The Hall–Kier alpha value is -0.690. The monoisotopic (exact) mass is 294 g/mol. The van der Waals surface area contributed by atoms with E-state index < -0.39 is 10.0 Å². The molecule has 1 aromatic rings. The Bertz CT molecular complexity index is 494. The molecule has 0 saturated carbocycles. The number of rotatable bonds is 7. The van der Waals surface area contributed by atoms with Crippen LogP contribution in [0.25, 0.3) is 0 Å². The molecule has 0 aromatic heterocycles. The maximum Gasteiger partial charge on any atom is 0.212 e. The van der Waals surface area contributed by atoms with Crippen LogP contribution in [0.2, 0.25) is 5.02 Å². The van der Waals surface area contributed by atoms with Gasteiger partial charge in [-0.25, -0.2) is 17.5 Å². The second-order valence-electron chi connectivity index (χ2n) is 3.73. The third-order valence-electron chi connectivity index (χ3n) is 2.24. The summed E-state index contributed by atoms with van der Waals surface area (Å²) in [6.45, 7) is 2.58. The van der Waals surface area contributed by atoms with Crippen molar-refractivity contribution < 1.29 is 12.8 Å². The molecule has 0 bridgehead atoms. The Morgan fingerprint density at radius 1 is 1.39 bits per heavy atom. The van der Waals surface area contributed by atoms with Crippen molar-refractivity contribution in [2.75, 3.05) is 18.8 Å². The molecule has 0 heterocycles. The minimum absolute atomic E-state index is 0.0387. The first kappa shape index (κ1) is 15.4. The number of nitrogens with one attached hydrogen (secondary N) is 2. The average Bonchev–Trinajstić information content (AvgIpc) is 2.29. The van der Waals surface area contributed by atoms with Gasteiger partial charge in [0, 0.05) is 30.2 Å². The van der Waals surface area contributed by atoms with E-state index in [1.54, 1.807) is 6.92 Å². The van der Waals surface area contributed by atoms with Crippen LogP contribution in [-0.2, 0) is 16.6 Å². The molecule has 0 radical (unpaired) electrons. The fourth-order valence-electron chi connectivity index (χ4n) is 1.40. The van der Waals surface area contributed by atoms with Crippen molar-refractivity contribution in [1.29, 1.82) is 0 Å². The van der Waals surface area contributed by atoms with E-state index in [1.165, 1.54) is 18.2 Å². The quantitative estimate of drug-likeness (QED) is 0.750. The largest absolute Gasteiger partial charge is 0.312 e.